The van der Waals surface area contributed by atoms with Gasteiger partial charge in [0.05, 0.1) is 11.7 Å². The summed E-state index contributed by atoms with van der Waals surface area (Å²) in [6.07, 6.45) is 3.14. The molecule has 0 aromatic carbocycles. The number of carbonyl (C=O) groups is 2. The summed E-state index contributed by atoms with van der Waals surface area (Å²) in [4.78, 5) is 28.0. The number of nitrogens with one attached hydrogen (secondary N) is 2. The van der Waals surface area contributed by atoms with Gasteiger partial charge in [0, 0.05) is 30.0 Å². The van der Waals surface area contributed by atoms with E-state index in [0.717, 1.165) is 4.47 Å². The van der Waals surface area contributed by atoms with Crippen molar-refractivity contribution in [3.05, 3.63) is 46.3 Å². The standard InChI is InChI=1S/C15H17BrN4O3/c1-9(2)23-13-5-4-10(7-17-13)14(21)18-19-15(22)12-6-11(16)8-20(12)3/h4-9H,1-3H3,(H,18,21)(H,19,22). The summed E-state index contributed by atoms with van der Waals surface area (Å²) in [5, 5.41) is 0. The summed E-state index contributed by atoms with van der Waals surface area (Å²) in [6, 6.07) is 4.83. The van der Waals surface area contributed by atoms with E-state index in [-0.39, 0.29) is 6.10 Å². The zero-order valence-corrected chi connectivity index (χ0v) is 14.5. The van der Waals surface area contributed by atoms with E-state index in [1.54, 1.807) is 36.0 Å². The summed E-state index contributed by atoms with van der Waals surface area (Å²) in [6.45, 7) is 3.78. The number of ether oxygens (including phenoxy) is 1. The molecule has 2 N–H and O–H groups in total. The third kappa shape index (κ3) is 4.56. The Bertz CT molecular complexity index is 710. The number of pyridine rings is 1. The quantitative estimate of drug-likeness (QED) is 0.794. The highest BCUT2D eigenvalue weighted by atomic mass is 79.9. The second kappa shape index (κ2) is 7.28. The smallest absolute Gasteiger partial charge is 0.286 e. The number of hydrogen-bond donors (Lipinski definition) is 2. The first-order valence-electron chi connectivity index (χ1n) is 6.92. The van der Waals surface area contributed by atoms with Crippen LogP contribution < -0.4 is 15.6 Å². The van der Waals surface area contributed by atoms with Crippen LogP contribution in [0, 0.1) is 0 Å². The van der Waals surface area contributed by atoms with Gasteiger partial charge in [0.2, 0.25) is 5.88 Å². The molecular formula is C15H17BrN4O3. The van der Waals surface area contributed by atoms with Crippen molar-refractivity contribution in [1.82, 2.24) is 20.4 Å². The number of halogens is 1. The predicted molar refractivity (Wildman–Crippen MR) is 88.0 cm³/mol. The Kier molecular flexibility index (Phi) is 5.38. The van der Waals surface area contributed by atoms with E-state index < -0.39 is 11.8 Å². The molecule has 2 amide bonds. The summed E-state index contributed by atoms with van der Waals surface area (Å²) in [5.41, 5.74) is 5.43. The molecule has 0 fully saturated rings. The SMILES string of the molecule is CC(C)Oc1ccc(C(=O)NNC(=O)c2cc(Br)cn2C)cn1. The molecule has 0 saturated heterocycles. The van der Waals surface area contributed by atoms with Gasteiger partial charge in [-0.1, -0.05) is 0 Å². The van der Waals surface area contributed by atoms with Gasteiger partial charge in [-0.15, -0.1) is 0 Å². The zero-order valence-electron chi connectivity index (χ0n) is 13.0. The lowest BCUT2D eigenvalue weighted by Crippen LogP contribution is -2.42. The molecule has 0 saturated carbocycles. The van der Waals surface area contributed by atoms with Gasteiger partial charge in [0.1, 0.15) is 5.69 Å². The molecule has 0 aliphatic carbocycles. The molecule has 0 atom stereocenters. The van der Waals surface area contributed by atoms with Crippen LogP contribution in [0.1, 0.15) is 34.7 Å². The lowest BCUT2D eigenvalue weighted by atomic mass is 10.3. The first kappa shape index (κ1) is 17.0. The van der Waals surface area contributed by atoms with Crippen LogP contribution in [0.2, 0.25) is 0 Å². The maximum Gasteiger partial charge on any atom is 0.286 e. The summed E-state index contributed by atoms with van der Waals surface area (Å²) in [7, 11) is 1.73. The average Bonchev–Trinajstić information content (AvgIpc) is 2.83. The number of amides is 2. The normalized spacial score (nSPS) is 10.5. The van der Waals surface area contributed by atoms with Crippen LogP contribution in [0.5, 0.6) is 5.88 Å². The Hall–Kier alpha value is -2.35. The minimum Gasteiger partial charge on any atom is -0.475 e. The molecule has 122 valence electrons. The van der Waals surface area contributed by atoms with Gasteiger partial charge in [-0.05, 0) is 41.9 Å². The van der Waals surface area contributed by atoms with Crippen LogP contribution >= 0.6 is 15.9 Å². The molecule has 2 rings (SSSR count). The third-order valence-electron chi connectivity index (χ3n) is 2.85. The van der Waals surface area contributed by atoms with Crippen molar-refractivity contribution in [2.75, 3.05) is 0 Å². The highest BCUT2D eigenvalue weighted by Gasteiger charge is 2.13. The largest absolute Gasteiger partial charge is 0.475 e. The van der Waals surface area contributed by atoms with Gasteiger partial charge in [0.15, 0.2) is 0 Å². The van der Waals surface area contributed by atoms with Crippen molar-refractivity contribution in [3.8, 4) is 5.88 Å². The number of hydrazine groups is 1. The van der Waals surface area contributed by atoms with E-state index in [2.05, 4.69) is 31.8 Å². The Balaban J connectivity index is 1.94. The zero-order chi connectivity index (χ0) is 17.0. The number of aromatic nitrogens is 2. The molecule has 7 nitrogen and oxygen atoms in total. The van der Waals surface area contributed by atoms with E-state index in [4.69, 9.17) is 4.74 Å². The Labute approximate surface area is 142 Å². The molecule has 0 spiro atoms. The Morgan fingerprint density at radius 3 is 2.48 bits per heavy atom. The van der Waals surface area contributed by atoms with Crippen molar-refractivity contribution in [2.45, 2.75) is 20.0 Å². The van der Waals surface area contributed by atoms with Crippen molar-refractivity contribution in [1.29, 1.82) is 0 Å². The number of nitrogens with zero attached hydrogens (tertiary/aromatic N) is 2. The van der Waals surface area contributed by atoms with Crippen LogP contribution in [0.4, 0.5) is 0 Å². The molecule has 2 aromatic heterocycles. The van der Waals surface area contributed by atoms with E-state index in [1.165, 1.54) is 6.20 Å². The topological polar surface area (TPSA) is 85.3 Å². The van der Waals surface area contributed by atoms with E-state index in [9.17, 15) is 9.59 Å². The average molecular weight is 381 g/mol. The molecule has 23 heavy (non-hydrogen) atoms. The fourth-order valence-corrected chi connectivity index (χ4v) is 2.35. The monoisotopic (exact) mass is 380 g/mol. The van der Waals surface area contributed by atoms with Crippen molar-refractivity contribution < 1.29 is 14.3 Å². The molecule has 0 aliphatic rings. The molecule has 0 radical (unpaired) electrons. The molecule has 0 aliphatic heterocycles. The second-order valence-electron chi connectivity index (χ2n) is 5.11. The minimum atomic E-state index is -0.463. The predicted octanol–water partition coefficient (Wildman–Crippen LogP) is 2.04. The second-order valence-corrected chi connectivity index (χ2v) is 6.03. The fraction of sp³-hybridized carbons (Fsp3) is 0.267. The Morgan fingerprint density at radius 2 is 1.96 bits per heavy atom. The molecule has 0 unspecified atom stereocenters. The van der Waals surface area contributed by atoms with Gasteiger partial charge in [0.25, 0.3) is 11.8 Å². The highest BCUT2D eigenvalue weighted by molar-refractivity contribution is 9.10. The minimum absolute atomic E-state index is 0.00562. The van der Waals surface area contributed by atoms with Gasteiger partial charge in [-0.2, -0.15) is 0 Å². The molecule has 2 aromatic rings. The lowest BCUT2D eigenvalue weighted by Gasteiger charge is -2.10. The number of rotatable bonds is 4. The summed E-state index contributed by atoms with van der Waals surface area (Å²) >= 11 is 3.28. The highest BCUT2D eigenvalue weighted by Crippen LogP contribution is 2.13. The van der Waals surface area contributed by atoms with Crippen LogP contribution in [0.3, 0.4) is 0 Å². The molecule has 8 heteroatoms. The third-order valence-corrected chi connectivity index (χ3v) is 3.28. The summed E-state index contributed by atoms with van der Waals surface area (Å²) in [5.74, 6) is -0.441. The van der Waals surface area contributed by atoms with Gasteiger partial charge < -0.3 is 9.30 Å². The van der Waals surface area contributed by atoms with E-state index in [0.29, 0.717) is 17.1 Å². The van der Waals surface area contributed by atoms with Crippen molar-refractivity contribution >= 4 is 27.7 Å². The first-order valence-corrected chi connectivity index (χ1v) is 7.71. The fourth-order valence-electron chi connectivity index (χ4n) is 1.83. The van der Waals surface area contributed by atoms with Gasteiger partial charge in [-0.3, -0.25) is 20.4 Å². The first-order chi connectivity index (χ1) is 10.9. The lowest BCUT2D eigenvalue weighted by molar-refractivity contribution is 0.0841. The molecule has 2 heterocycles. The molecular weight excluding hydrogens is 364 g/mol. The van der Waals surface area contributed by atoms with E-state index >= 15 is 0 Å². The van der Waals surface area contributed by atoms with Crippen LogP contribution in [-0.2, 0) is 7.05 Å². The maximum absolute atomic E-state index is 12.0. The maximum atomic E-state index is 12.0. The van der Waals surface area contributed by atoms with Gasteiger partial charge in [-0.25, -0.2) is 4.98 Å². The van der Waals surface area contributed by atoms with Crippen molar-refractivity contribution in [2.24, 2.45) is 7.05 Å². The van der Waals surface area contributed by atoms with Crippen LogP contribution in [-0.4, -0.2) is 27.5 Å². The number of hydrogen-bond acceptors (Lipinski definition) is 4. The molecule has 0 bridgehead atoms. The van der Waals surface area contributed by atoms with Crippen LogP contribution in [0.25, 0.3) is 0 Å². The Morgan fingerprint density at radius 1 is 1.26 bits per heavy atom. The van der Waals surface area contributed by atoms with E-state index in [1.807, 2.05) is 13.8 Å². The number of aryl methyl sites for hydroxylation is 1. The van der Waals surface area contributed by atoms with Crippen molar-refractivity contribution in [3.63, 3.8) is 0 Å². The summed E-state index contributed by atoms with van der Waals surface area (Å²) < 4.78 is 7.82. The van der Waals surface area contributed by atoms with Crippen LogP contribution in [0.15, 0.2) is 35.1 Å². The van der Waals surface area contributed by atoms with Gasteiger partial charge >= 0.3 is 0 Å². The number of carbonyl (C=O) groups excluding carboxylic acids is 2.